The molecule has 2 aliphatic heterocycles. The van der Waals surface area contributed by atoms with Crippen LogP contribution in [0.25, 0.3) is 0 Å². The molecular weight excluding hydrogens is 252 g/mol. The molecule has 5 nitrogen and oxygen atoms in total. The summed E-state index contributed by atoms with van der Waals surface area (Å²) in [4.78, 5) is 9.68. The average molecular weight is 282 g/mol. The second kappa shape index (κ2) is 7.27. The number of likely N-dealkylation sites (tertiary alicyclic amines) is 1. The number of aliphatic imine (C=N–C) groups is 1. The molecule has 0 bridgehead atoms. The average Bonchev–Trinajstić information content (AvgIpc) is 2.98. The van der Waals surface area contributed by atoms with Crippen LogP contribution >= 0.6 is 0 Å². The van der Waals surface area contributed by atoms with Crippen LogP contribution in [0.15, 0.2) is 4.99 Å². The van der Waals surface area contributed by atoms with E-state index >= 15 is 0 Å². The van der Waals surface area contributed by atoms with E-state index in [1.807, 2.05) is 0 Å². The first kappa shape index (κ1) is 15.6. The van der Waals surface area contributed by atoms with Crippen molar-refractivity contribution in [2.45, 2.75) is 38.1 Å². The lowest BCUT2D eigenvalue weighted by molar-refractivity contribution is -0.00262. The zero-order chi connectivity index (χ0) is 14.4. The highest BCUT2D eigenvalue weighted by atomic mass is 16.5. The summed E-state index contributed by atoms with van der Waals surface area (Å²) < 4.78 is 5.53. The Hall–Kier alpha value is -0.810. The van der Waals surface area contributed by atoms with E-state index < -0.39 is 0 Å². The fourth-order valence-electron chi connectivity index (χ4n) is 3.07. The topological polar surface area (TPSA) is 40.1 Å². The van der Waals surface area contributed by atoms with Crippen LogP contribution in [0.4, 0.5) is 0 Å². The zero-order valence-electron chi connectivity index (χ0n) is 13.3. The van der Waals surface area contributed by atoms with E-state index in [-0.39, 0.29) is 5.54 Å². The van der Waals surface area contributed by atoms with E-state index in [1.165, 1.54) is 12.8 Å². The highest BCUT2D eigenvalue weighted by Gasteiger charge is 2.35. The van der Waals surface area contributed by atoms with Gasteiger partial charge >= 0.3 is 0 Å². The van der Waals surface area contributed by atoms with Crippen molar-refractivity contribution in [1.29, 1.82) is 0 Å². The van der Waals surface area contributed by atoms with Crippen molar-refractivity contribution in [2.75, 3.05) is 53.5 Å². The molecule has 116 valence electrons. The van der Waals surface area contributed by atoms with Crippen molar-refractivity contribution in [2.24, 2.45) is 4.99 Å². The molecule has 0 unspecified atom stereocenters. The highest BCUT2D eigenvalue weighted by molar-refractivity contribution is 5.80. The third-order valence-electron chi connectivity index (χ3n) is 4.64. The third-order valence-corrected chi connectivity index (χ3v) is 4.64. The third kappa shape index (κ3) is 3.64. The van der Waals surface area contributed by atoms with Crippen molar-refractivity contribution >= 4 is 5.96 Å². The van der Waals surface area contributed by atoms with E-state index in [4.69, 9.17) is 9.73 Å². The lowest BCUT2D eigenvalue weighted by Crippen LogP contribution is -2.52. The van der Waals surface area contributed by atoms with Crippen LogP contribution in [-0.4, -0.2) is 74.8 Å². The molecule has 0 spiro atoms. The van der Waals surface area contributed by atoms with E-state index in [9.17, 15) is 0 Å². The molecule has 1 N–H and O–H groups in total. The molecule has 0 radical (unpaired) electrons. The first-order valence-electron chi connectivity index (χ1n) is 7.96. The van der Waals surface area contributed by atoms with Crippen molar-refractivity contribution in [3.8, 4) is 0 Å². The summed E-state index contributed by atoms with van der Waals surface area (Å²) in [6, 6.07) is 0. The number of guanidine groups is 1. The maximum Gasteiger partial charge on any atom is 0.193 e. The Balaban J connectivity index is 2.05. The maximum absolute atomic E-state index is 5.53. The van der Waals surface area contributed by atoms with Crippen LogP contribution in [-0.2, 0) is 4.74 Å². The largest absolute Gasteiger partial charge is 0.381 e. The van der Waals surface area contributed by atoms with E-state index in [0.717, 1.165) is 58.2 Å². The van der Waals surface area contributed by atoms with Gasteiger partial charge in [-0.2, -0.15) is 0 Å². The van der Waals surface area contributed by atoms with Gasteiger partial charge in [0.1, 0.15) is 0 Å². The van der Waals surface area contributed by atoms with Gasteiger partial charge in [0.05, 0.1) is 6.54 Å². The monoisotopic (exact) mass is 282 g/mol. The number of likely N-dealkylation sites (N-methyl/N-ethyl adjacent to an activating group) is 1. The van der Waals surface area contributed by atoms with Crippen molar-refractivity contribution in [3.05, 3.63) is 0 Å². The van der Waals surface area contributed by atoms with Crippen molar-refractivity contribution in [1.82, 2.24) is 15.1 Å². The van der Waals surface area contributed by atoms with Crippen molar-refractivity contribution < 1.29 is 4.74 Å². The summed E-state index contributed by atoms with van der Waals surface area (Å²) >= 11 is 0. The summed E-state index contributed by atoms with van der Waals surface area (Å²) in [5.41, 5.74) is 0.165. The smallest absolute Gasteiger partial charge is 0.193 e. The van der Waals surface area contributed by atoms with Gasteiger partial charge in [0.25, 0.3) is 0 Å². The molecular formula is C15H30N4O. The second-order valence-electron chi connectivity index (χ2n) is 6.10. The number of nitrogens with zero attached hydrogens (tertiary/aromatic N) is 3. The normalized spacial score (nSPS) is 23.4. The fraction of sp³-hybridized carbons (Fsp3) is 0.933. The van der Waals surface area contributed by atoms with Gasteiger partial charge in [0.15, 0.2) is 5.96 Å². The summed E-state index contributed by atoms with van der Waals surface area (Å²) in [6.07, 6.45) is 4.72. The van der Waals surface area contributed by atoms with E-state index in [2.05, 4.69) is 36.1 Å². The Morgan fingerprint density at radius 2 is 1.90 bits per heavy atom. The number of hydrogen-bond acceptors (Lipinski definition) is 3. The SMILES string of the molecule is CCNC(=NCC1(N(C)C)CCOCC1)N1CCCC1. The predicted molar refractivity (Wildman–Crippen MR) is 83.3 cm³/mol. The first-order valence-corrected chi connectivity index (χ1v) is 7.96. The predicted octanol–water partition coefficient (Wildman–Crippen LogP) is 1.16. The quantitative estimate of drug-likeness (QED) is 0.620. The zero-order valence-corrected chi connectivity index (χ0v) is 13.3. The maximum atomic E-state index is 5.53. The van der Waals surface area contributed by atoms with Crippen LogP contribution in [0.1, 0.15) is 32.6 Å². The second-order valence-corrected chi connectivity index (χ2v) is 6.10. The van der Waals surface area contributed by atoms with Gasteiger partial charge in [-0.3, -0.25) is 4.99 Å². The lowest BCUT2D eigenvalue weighted by Gasteiger charge is -2.42. The van der Waals surface area contributed by atoms with Gasteiger partial charge < -0.3 is 19.9 Å². The Morgan fingerprint density at radius 1 is 1.25 bits per heavy atom. The number of ether oxygens (including phenoxy) is 1. The Labute approximate surface area is 123 Å². The molecule has 20 heavy (non-hydrogen) atoms. The molecule has 2 fully saturated rings. The molecule has 0 aromatic rings. The van der Waals surface area contributed by atoms with Crippen LogP contribution in [0.3, 0.4) is 0 Å². The summed E-state index contributed by atoms with van der Waals surface area (Å²) in [5, 5.41) is 3.45. The molecule has 2 heterocycles. The number of hydrogen-bond donors (Lipinski definition) is 1. The van der Waals surface area contributed by atoms with Gasteiger partial charge in [-0.05, 0) is 46.7 Å². The minimum absolute atomic E-state index is 0.165. The van der Waals surface area contributed by atoms with E-state index in [1.54, 1.807) is 0 Å². The summed E-state index contributed by atoms with van der Waals surface area (Å²) in [6.45, 7) is 7.94. The minimum Gasteiger partial charge on any atom is -0.381 e. The molecule has 2 aliphatic rings. The molecule has 5 heteroatoms. The van der Waals surface area contributed by atoms with Gasteiger partial charge in [0, 0.05) is 38.4 Å². The Bertz CT molecular complexity index is 318. The van der Waals surface area contributed by atoms with E-state index in [0.29, 0.717) is 0 Å². The molecule has 0 aromatic heterocycles. The summed E-state index contributed by atoms with van der Waals surface area (Å²) in [5.74, 6) is 1.10. The first-order chi connectivity index (χ1) is 9.68. The molecule has 2 rings (SSSR count). The molecule has 0 aliphatic carbocycles. The Morgan fingerprint density at radius 3 is 2.45 bits per heavy atom. The summed E-state index contributed by atoms with van der Waals surface area (Å²) in [7, 11) is 4.34. The van der Waals surface area contributed by atoms with Gasteiger partial charge in [0.2, 0.25) is 0 Å². The molecule has 0 amide bonds. The number of nitrogens with one attached hydrogen (secondary N) is 1. The minimum atomic E-state index is 0.165. The van der Waals surface area contributed by atoms with Crippen LogP contribution in [0.5, 0.6) is 0 Å². The van der Waals surface area contributed by atoms with Gasteiger partial charge in [-0.15, -0.1) is 0 Å². The number of rotatable bonds is 4. The van der Waals surface area contributed by atoms with Gasteiger partial charge in [-0.1, -0.05) is 0 Å². The lowest BCUT2D eigenvalue weighted by atomic mass is 9.89. The molecule has 0 aromatic carbocycles. The molecule has 0 saturated carbocycles. The molecule has 2 saturated heterocycles. The fourth-order valence-corrected chi connectivity index (χ4v) is 3.07. The van der Waals surface area contributed by atoms with Crippen LogP contribution < -0.4 is 5.32 Å². The van der Waals surface area contributed by atoms with Crippen LogP contribution in [0, 0.1) is 0 Å². The standard InChI is InChI=1S/C15H30N4O/c1-4-16-14(19-9-5-6-10-19)17-13-15(18(2)3)7-11-20-12-8-15/h4-13H2,1-3H3,(H,16,17). The van der Waals surface area contributed by atoms with Crippen LogP contribution in [0.2, 0.25) is 0 Å². The van der Waals surface area contributed by atoms with Gasteiger partial charge in [-0.25, -0.2) is 0 Å². The highest BCUT2D eigenvalue weighted by Crippen LogP contribution is 2.26. The molecule has 0 atom stereocenters. The Kier molecular flexibility index (Phi) is 5.66. The van der Waals surface area contributed by atoms with Crippen molar-refractivity contribution in [3.63, 3.8) is 0 Å².